The van der Waals surface area contributed by atoms with Crippen LogP contribution in [0.15, 0.2) is 97.2 Å². The van der Waals surface area contributed by atoms with E-state index >= 15 is 0 Å². The van der Waals surface area contributed by atoms with Gasteiger partial charge in [0.25, 0.3) is 0 Å². The molecule has 0 aromatic carbocycles. The molecule has 0 aromatic rings. The Morgan fingerprint density at radius 3 is 1.06 bits per heavy atom. The van der Waals surface area contributed by atoms with E-state index in [9.17, 15) is 19.4 Å². The van der Waals surface area contributed by atoms with Crippen molar-refractivity contribution >= 4 is 13.7 Å². The van der Waals surface area contributed by atoms with Crippen molar-refractivity contribution in [1.82, 2.24) is 5.32 Å². The molecular weight excluding hydrogens is 1040 g/mol. The number of quaternary nitrogens is 1. The molecule has 0 radical (unpaired) electrons. The SMILES string of the molecule is CC/C=C\C/C=C\C/C=C\C/C=C\C/C=C\C/C=C\C/C=C\CCCCCCCCCCCCCCCC(=O)NC(COP(=O)(O)OCC[N+](C)(C)C)C(O)/C=C/CCCCCCCCCCCCCCCCCCCCCCCCCC. The van der Waals surface area contributed by atoms with E-state index in [1.807, 2.05) is 27.2 Å². The molecule has 8 nitrogen and oxygen atoms in total. The molecule has 0 aliphatic rings. The van der Waals surface area contributed by atoms with E-state index in [1.54, 1.807) is 6.08 Å². The number of hydrogen-bond acceptors (Lipinski definition) is 5. The van der Waals surface area contributed by atoms with Gasteiger partial charge in [-0.1, -0.05) is 329 Å². The van der Waals surface area contributed by atoms with Crippen LogP contribution in [0.1, 0.15) is 316 Å². The predicted octanol–water partition coefficient (Wildman–Crippen LogP) is 22.5. The summed E-state index contributed by atoms with van der Waals surface area (Å²) >= 11 is 0. The van der Waals surface area contributed by atoms with Gasteiger partial charge in [-0.15, -0.1) is 0 Å². The molecule has 0 heterocycles. The monoisotopic (exact) mass is 1180 g/mol. The Kier molecular flexibility index (Phi) is 61.9. The smallest absolute Gasteiger partial charge is 0.387 e. The highest BCUT2D eigenvalue weighted by molar-refractivity contribution is 7.47. The number of hydrogen-bond donors (Lipinski definition) is 3. The van der Waals surface area contributed by atoms with Gasteiger partial charge >= 0.3 is 7.82 Å². The molecule has 83 heavy (non-hydrogen) atoms. The van der Waals surface area contributed by atoms with Crippen LogP contribution in [-0.4, -0.2) is 73.4 Å². The molecule has 3 atom stereocenters. The Morgan fingerprint density at radius 2 is 0.723 bits per heavy atom. The molecule has 482 valence electrons. The van der Waals surface area contributed by atoms with Crippen molar-refractivity contribution in [2.24, 2.45) is 0 Å². The molecule has 1 amide bonds. The van der Waals surface area contributed by atoms with Crippen LogP contribution < -0.4 is 5.32 Å². The second kappa shape index (κ2) is 63.9. The maximum absolute atomic E-state index is 13.1. The molecule has 0 spiro atoms. The first-order chi connectivity index (χ1) is 40.5. The van der Waals surface area contributed by atoms with E-state index in [4.69, 9.17) is 9.05 Å². The predicted molar refractivity (Wildman–Crippen MR) is 364 cm³/mol. The average molecular weight is 1180 g/mol. The minimum atomic E-state index is -4.36. The number of unbranched alkanes of at least 4 members (excludes halogenated alkanes) is 37. The van der Waals surface area contributed by atoms with Crippen molar-refractivity contribution in [1.29, 1.82) is 0 Å². The highest BCUT2D eigenvalue weighted by Crippen LogP contribution is 2.43. The van der Waals surface area contributed by atoms with Gasteiger partial charge < -0.3 is 19.8 Å². The van der Waals surface area contributed by atoms with E-state index < -0.39 is 20.0 Å². The van der Waals surface area contributed by atoms with Crippen molar-refractivity contribution in [3.05, 3.63) is 97.2 Å². The van der Waals surface area contributed by atoms with E-state index in [-0.39, 0.29) is 19.1 Å². The van der Waals surface area contributed by atoms with Gasteiger partial charge in [0.2, 0.25) is 5.91 Å². The molecule has 0 rings (SSSR count). The van der Waals surface area contributed by atoms with Crippen LogP contribution >= 0.6 is 7.82 Å². The van der Waals surface area contributed by atoms with Gasteiger partial charge in [0, 0.05) is 6.42 Å². The van der Waals surface area contributed by atoms with Crippen LogP contribution in [-0.2, 0) is 18.4 Å². The minimum absolute atomic E-state index is 0.0587. The Bertz CT molecular complexity index is 1670. The maximum atomic E-state index is 13.1. The highest BCUT2D eigenvalue weighted by Gasteiger charge is 2.28. The fraction of sp³-hybridized carbons (Fsp3) is 0.770. The lowest BCUT2D eigenvalue weighted by atomic mass is 10.0. The summed E-state index contributed by atoms with van der Waals surface area (Å²) in [6.45, 7) is 4.73. The van der Waals surface area contributed by atoms with Crippen molar-refractivity contribution < 1.29 is 32.9 Å². The summed E-state index contributed by atoms with van der Waals surface area (Å²) in [6, 6.07) is -0.854. The molecule has 3 N–H and O–H groups in total. The number of phosphoric ester groups is 1. The van der Waals surface area contributed by atoms with Crippen molar-refractivity contribution in [2.45, 2.75) is 328 Å². The third-order valence-corrected chi connectivity index (χ3v) is 16.5. The van der Waals surface area contributed by atoms with Gasteiger partial charge in [0.1, 0.15) is 13.2 Å². The fourth-order valence-electron chi connectivity index (χ4n) is 10.1. The fourth-order valence-corrected chi connectivity index (χ4v) is 10.9. The third kappa shape index (κ3) is 66.8. The molecular formula is C74H136N2O6P+. The molecule has 0 bridgehead atoms. The third-order valence-electron chi connectivity index (χ3n) is 15.6. The van der Waals surface area contributed by atoms with Crippen LogP contribution in [0.5, 0.6) is 0 Å². The number of rotatable bonds is 64. The van der Waals surface area contributed by atoms with E-state index in [0.29, 0.717) is 17.4 Å². The Hall–Kier alpha value is -2.58. The maximum Gasteiger partial charge on any atom is 0.472 e. The number of nitrogens with one attached hydrogen (secondary N) is 1. The summed E-state index contributed by atoms with van der Waals surface area (Å²) in [5.41, 5.74) is 0. The van der Waals surface area contributed by atoms with Crippen LogP contribution in [0.25, 0.3) is 0 Å². The zero-order valence-electron chi connectivity index (χ0n) is 55.2. The first kappa shape index (κ1) is 80.4. The lowest BCUT2D eigenvalue weighted by Crippen LogP contribution is -2.45. The number of phosphoric acid groups is 1. The number of likely N-dealkylation sites (N-methyl/N-ethyl adjacent to an activating group) is 1. The van der Waals surface area contributed by atoms with Crippen LogP contribution in [0.2, 0.25) is 0 Å². The van der Waals surface area contributed by atoms with E-state index in [1.165, 1.54) is 212 Å². The molecule has 0 aliphatic heterocycles. The lowest BCUT2D eigenvalue weighted by molar-refractivity contribution is -0.870. The standard InChI is InChI=1S/C74H135N2O6P/c1-6-8-10-12-14-16-18-20-22-24-26-28-30-32-34-35-36-37-38-39-40-41-42-44-46-48-50-52-54-56-58-60-62-64-66-68-74(78)75-72(71-82-83(79,80)81-70-69-76(3,4)5)73(77)67-65-63-61-59-57-55-53-51-49-47-45-43-33-31-29-27-25-23-21-19-17-15-13-11-9-7-2/h8,10,14,16,20,22,26,28,32,34,36-37,39-40,65,67,72-73,77H,6-7,9,11-13,15,17-19,21,23-25,27,29-31,33,35,38,41-64,66,68-71H2,1-5H3,(H-,75,78,79,80)/p+1/b10-8-,16-14-,22-20-,28-26-,34-32-,37-36-,40-39-,67-65+. The van der Waals surface area contributed by atoms with Crippen LogP contribution in [0.3, 0.4) is 0 Å². The van der Waals surface area contributed by atoms with E-state index in [0.717, 1.165) is 83.5 Å². The first-order valence-corrected chi connectivity index (χ1v) is 36.6. The van der Waals surface area contributed by atoms with Gasteiger partial charge in [-0.25, -0.2) is 4.57 Å². The molecule has 9 heteroatoms. The second-order valence-electron chi connectivity index (χ2n) is 24.9. The average Bonchev–Trinajstić information content (AvgIpc) is 3.49. The Balaban J connectivity index is 4.09. The minimum Gasteiger partial charge on any atom is -0.387 e. The summed E-state index contributed by atoms with van der Waals surface area (Å²) in [4.78, 5) is 23.4. The zero-order chi connectivity index (χ0) is 60.5. The first-order valence-electron chi connectivity index (χ1n) is 35.1. The second-order valence-corrected chi connectivity index (χ2v) is 26.3. The number of amides is 1. The normalized spacial score (nSPS) is 14.3. The summed E-state index contributed by atoms with van der Waals surface area (Å²) < 4.78 is 23.8. The highest BCUT2D eigenvalue weighted by atomic mass is 31.2. The summed E-state index contributed by atoms with van der Waals surface area (Å²) in [7, 11) is 1.57. The summed E-state index contributed by atoms with van der Waals surface area (Å²) in [6.07, 6.45) is 92.6. The van der Waals surface area contributed by atoms with Crippen molar-refractivity contribution in [3.63, 3.8) is 0 Å². The molecule has 0 aromatic heterocycles. The van der Waals surface area contributed by atoms with Gasteiger partial charge in [-0.3, -0.25) is 13.8 Å². The molecule has 0 aliphatic carbocycles. The van der Waals surface area contributed by atoms with Crippen LogP contribution in [0, 0.1) is 0 Å². The number of carbonyl (C=O) groups excluding carboxylic acids is 1. The number of carbonyl (C=O) groups is 1. The number of aliphatic hydroxyl groups excluding tert-OH is 1. The summed E-state index contributed by atoms with van der Waals surface area (Å²) in [5, 5.41) is 14.0. The van der Waals surface area contributed by atoms with Gasteiger partial charge in [0.05, 0.1) is 39.9 Å². The molecule has 0 saturated heterocycles. The van der Waals surface area contributed by atoms with E-state index in [2.05, 4.69) is 104 Å². The largest absolute Gasteiger partial charge is 0.472 e. The summed E-state index contributed by atoms with van der Waals surface area (Å²) in [5.74, 6) is -0.178. The zero-order valence-corrected chi connectivity index (χ0v) is 56.1. The number of allylic oxidation sites excluding steroid dienone is 15. The van der Waals surface area contributed by atoms with Crippen LogP contribution in [0.4, 0.5) is 0 Å². The quantitative estimate of drug-likeness (QED) is 0.0243. The van der Waals surface area contributed by atoms with Gasteiger partial charge in [-0.05, 0) is 77.0 Å². The van der Waals surface area contributed by atoms with Crippen molar-refractivity contribution in [3.8, 4) is 0 Å². The Morgan fingerprint density at radius 1 is 0.422 bits per heavy atom. The van der Waals surface area contributed by atoms with Crippen molar-refractivity contribution in [2.75, 3.05) is 40.9 Å². The van der Waals surface area contributed by atoms with Gasteiger partial charge in [-0.2, -0.15) is 0 Å². The molecule has 0 fully saturated rings. The lowest BCUT2D eigenvalue weighted by Gasteiger charge is -2.25. The topological polar surface area (TPSA) is 105 Å². The molecule has 3 unspecified atom stereocenters. The van der Waals surface area contributed by atoms with Gasteiger partial charge in [0.15, 0.2) is 0 Å². The Labute approximate surface area is 515 Å². The number of aliphatic hydroxyl groups is 1. The molecule has 0 saturated carbocycles. The number of nitrogens with zero attached hydrogens (tertiary/aromatic N) is 1.